The average Bonchev–Trinajstić information content (AvgIpc) is 2.60. The molecule has 1 heterocycles. The summed E-state index contributed by atoms with van der Waals surface area (Å²) in [5.41, 5.74) is 0.629. The molecule has 0 aliphatic heterocycles. The van der Waals surface area contributed by atoms with Crippen LogP contribution in [-0.2, 0) is 6.54 Å². The van der Waals surface area contributed by atoms with E-state index < -0.39 is 5.97 Å². The third-order valence-corrected chi connectivity index (χ3v) is 3.24. The van der Waals surface area contributed by atoms with Crippen LogP contribution in [0.4, 0.5) is 0 Å². The van der Waals surface area contributed by atoms with E-state index in [1.54, 1.807) is 13.0 Å². The van der Waals surface area contributed by atoms with Gasteiger partial charge in [0.15, 0.2) is 0 Å². The van der Waals surface area contributed by atoms with Gasteiger partial charge in [0.05, 0.1) is 6.54 Å². The molecule has 0 saturated heterocycles. The Balaban J connectivity index is 1.95. The van der Waals surface area contributed by atoms with Crippen LogP contribution < -0.4 is 5.32 Å². The van der Waals surface area contributed by atoms with Gasteiger partial charge in [0.1, 0.15) is 17.1 Å². The second-order valence-electron chi connectivity index (χ2n) is 5.11. The Hall–Kier alpha value is -1.29. The Labute approximate surface area is 94.6 Å². The van der Waals surface area contributed by atoms with E-state index in [0.29, 0.717) is 29.5 Å². The van der Waals surface area contributed by atoms with Crippen LogP contribution in [0.3, 0.4) is 0 Å². The SMILES string of the molecule is Cc1oc(CNC2CC2(C)C)cc1C(=O)O. The molecule has 2 N–H and O–H groups in total. The second kappa shape index (κ2) is 3.63. The summed E-state index contributed by atoms with van der Waals surface area (Å²) in [5.74, 6) is 0.233. The average molecular weight is 223 g/mol. The number of aromatic carboxylic acids is 1. The number of aryl methyl sites for hydroxylation is 1. The Morgan fingerprint density at radius 2 is 2.31 bits per heavy atom. The highest BCUT2D eigenvalue weighted by Crippen LogP contribution is 2.44. The van der Waals surface area contributed by atoms with Crippen molar-refractivity contribution in [3.05, 3.63) is 23.2 Å². The van der Waals surface area contributed by atoms with Crippen LogP contribution >= 0.6 is 0 Å². The normalized spacial score (nSPS) is 22.1. The van der Waals surface area contributed by atoms with Gasteiger partial charge in [-0.25, -0.2) is 4.79 Å². The van der Waals surface area contributed by atoms with Gasteiger partial charge < -0.3 is 14.8 Å². The van der Waals surface area contributed by atoms with E-state index >= 15 is 0 Å². The van der Waals surface area contributed by atoms with Crippen LogP contribution in [0.2, 0.25) is 0 Å². The topological polar surface area (TPSA) is 62.5 Å². The van der Waals surface area contributed by atoms with Gasteiger partial charge in [-0.2, -0.15) is 0 Å². The molecule has 2 rings (SSSR count). The first-order valence-corrected chi connectivity index (χ1v) is 5.46. The van der Waals surface area contributed by atoms with E-state index in [4.69, 9.17) is 9.52 Å². The lowest BCUT2D eigenvalue weighted by molar-refractivity contribution is 0.0695. The first kappa shape index (κ1) is 11.2. The lowest BCUT2D eigenvalue weighted by Crippen LogP contribution is -2.19. The van der Waals surface area contributed by atoms with Gasteiger partial charge >= 0.3 is 5.97 Å². The van der Waals surface area contributed by atoms with Gasteiger partial charge in [-0.3, -0.25) is 0 Å². The van der Waals surface area contributed by atoms with Crippen LogP contribution in [0.15, 0.2) is 10.5 Å². The van der Waals surface area contributed by atoms with Crippen LogP contribution in [0.5, 0.6) is 0 Å². The van der Waals surface area contributed by atoms with Gasteiger partial charge in [-0.1, -0.05) is 13.8 Å². The molecule has 0 radical (unpaired) electrons. The number of rotatable bonds is 4. The lowest BCUT2D eigenvalue weighted by Gasteiger charge is -2.03. The zero-order chi connectivity index (χ0) is 11.9. The van der Waals surface area contributed by atoms with E-state index in [9.17, 15) is 4.79 Å². The minimum atomic E-state index is -0.931. The smallest absolute Gasteiger partial charge is 0.339 e. The van der Waals surface area contributed by atoms with Crippen molar-refractivity contribution in [1.29, 1.82) is 0 Å². The zero-order valence-electron chi connectivity index (χ0n) is 9.83. The quantitative estimate of drug-likeness (QED) is 0.821. The number of furan rings is 1. The predicted octanol–water partition coefficient (Wildman–Crippen LogP) is 2.17. The van der Waals surface area contributed by atoms with Gasteiger partial charge in [0.2, 0.25) is 0 Å². The summed E-state index contributed by atoms with van der Waals surface area (Å²) in [6.45, 7) is 6.69. The van der Waals surface area contributed by atoms with E-state index in [-0.39, 0.29) is 5.56 Å². The van der Waals surface area contributed by atoms with Crippen molar-refractivity contribution in [2.75, 3.05) is 0 Å². The Morgan fingerprint density at radius 1 is 1.69 bits per heavy atom. The lowest BCUT2D eigenvalue weighted by atomic mass is 10.2. The zero-order valence-corrected chi connectivity index (χ0v) is 9.83. The molecule has 1 unspecified atom stereocenters. The fraction of sp³-hybridized carbons (Fsp3) is 0.583. The van der Waals surface area contributed by atoms with Gasteiger partial charge in [0, 0.05) is 6.04 Å². The molecular formula is C12H17NO3. The Morgan fingerprint density at radius 3 is 2.75 bits per heavy atom. The molecule has 88 valence electrons. The maximum atomic E-state index is 10.8. The summed E-state index contributed by atoms with van der Waals surface area (Å²) in [4.78, 5) is 10.8. The first-order valence-electron chi connectivity index (χ1n) is 5.46. The Bertz CT molecular complexity index is 420. The van der Waals surface area contributed by atoms with E-state index in [1.807, 2.05) is 0 Å². The molecule has 1 aromatic heterocycles. The number of carboxylic acid groups (broad SMARTS) is 1. The largest absolute Gasteiger partial charge is 0.478 e. The molecule has 0 aromatic carbocycles. The standard InChI is InChI=1S/C12H17NO3/c1-7-9(11(14)15)4-8(16-7)6-13-10-5-12(10,2)3/h4,10,13H,5-6H2,1-3H3,(H,14,15). The number of nitrogens with one attached hydrogen (secondary N) is 1. The highest BCUT2D eigenvalue weighted by atomic mass is 16.4. The minimum Gasteiger partial charge on any atom is -0.478 e. The molecule has 1 aliphatic rings. The van der Waals surface area contributed by atoms with Gasteiger partial charge in [-0.15, -0.1) is 0 Å². The highest BCUT2D eigenvalue weighted by Gasteiger charge is 2.45. The highest BCUT2D eigenvalue weighted by molar-refractivity contribution is 5.88. The fourth-order valence-electron chi connectivity index (χ4n) is 1.88. The van der Waals surface area contributed by atoms with Gasteiger partial charge in [-0.05, 0) is 24.8 Å². The van der Waals surface area contributed by atoms with Crippen LogP contribution in [0.1, 0.15) is 42.1 Å². The number of carboxylic acids is 1. The maximum absolute atomic E-state index is 10.8. The summed E-state index contributed by atoms with van der Waals surface area (Å²) >= 11 is 0. The summed E-state index contributed by atoms with van der Waals surface area (Å²) in [7, 11) is 0. The molecule has 1 aliphatic carbocycles. The van der Waals surface area contributed by atoms with E-state index in [2.05, 4.69) is 19.2 Å². The molecule has 1 atom stereocenters. The van der Waals surface area contributed by atoms with Crippen molar-refractivity contribution in [2.24, 2.45) is 5.41 Å². The molecule has 16 heavy (non-hydrogen) atoms. The molecule has 4 heteroatoms. The molecule has 0 amide bonds. The fourth-order valence-corrected chi connectivity index (χ4v) is 1.88. The summed E-state index contributed by atoms with van der Waals surface area (Å²) in [5, 5.41) is 12.2. The third kappa shape index (κ3) is 2.11. The third-order valence-electron chi connectivity index (χ3n) is 3.24. The van der Waals surface area contributed by atoms with Crippen molar-refractivity contribution in [3.63, 3.8) is 0 Å². The van der Waals surface area contributed by atoms with Crippen molar-refractivity contribution in [1.82, 2.24) is 5.32 Å². The summed E-state index contributed by atoms with van der Waals surface area (Å²) in [6.07, 6.45) is 1.17. The van der Waals surface area contributed by atoms with Crippen LogP contribution in [-0.4, -0.2) is 17.1 Å². The van der Waals surface area contributed by atoms with E-state index in [1.165, 1.54) is 6.42 Å². The minimum absolute atomic E-state index is 0.256. The van der Waals surface area contributed by atoms with Crippen LogP contribution in [0, 0.1) is 12.3 Å². The molecule has 1 fully saturated rings. The summed E-state index contributed by atoms with van der Waals surface area (Å²) in [6, 6.07) is 2.12. The van der Waals surface area contributed by atoms with Crippen molar-refractivity contribution in [2.45, 2.75) is 39.8 Å². The maximum Gasteiger partial charge on any atom is 0.339 e. The molecule has 0 spiro atoms. The predicted molar refractivity (Wildman–Crippen MR) is 59.4 cm³/mol. The monoisotopic (exact) mass is 223 g/mol. The number of carbonyl (C=O) groups is 1. The molecular weight excluding hydrogens is 206 g/mol. The van der Waals surface area contributed by atoms with Crippen molar-refractivity contribution >= 4 is 5.97 Å². The Kier molecular flexibility index (Phi) is 2.54. The van der Waals surface area contributed by atoms with Crippen molar-refractivity contribution in [3.8, 4) is 0 Å². The molecule has 1 saturated carbocycles. The number of hydrogen-bond donors (Lipinski definition) is 2. The first-order chi connectivity index (χ1) is 7.40. The van der Waals surface area contributed by atoms with Crippen LogP contribution in [0.25, 0.3) is 0 Å². The summed E-state index contributed by atoms with van der Waals surface area (Å²) < 4.78 is 5.38. The van der Waals surface area contributed by atoms with Gasteiger partial charge in [0.25, 0.3) is 0 Å². The van der Waals surface area contributed by atoms with E-state index in [0.717, 1.165) is 0 Å². The molecule has 1 aromatic rings. The second-order valence-corrected chi connectivity index (χ2v) is 5.11. The van der Waals surface area contributed by atoms with Crippen molar-refractivity contribution < 1.29 is 14.3 Å². The molecule has 0 bridgehead atoms. The molecule has 4 nitrogen and oxygen atoms in total. The number of hydrogen-bond acceptors (Lipinski definition) is 3.